The fourth-order valence-corrected chi connectivity index (χ4v) is 0. The van der Waals surface area contributed by atoms with Gasteiger partial charge in [-0.1, -0.05) is 0 Å². The molecule has 0 spiro atoms. The van der Waals surface area contributed by atoms with Crippen molar-refractivity contribution in [2.24, 2.45) is 0 Å². The number of rotatable bonds is 0. The van der Waals surface area contributed by atoms with Gasteiger partial charge in [-0.2, -0.15) is 13.5 Å². The van der Waals surface area contributed by atoms with Crippen molar-refractivity contribution in [3.8, 4) is 0 Å². The van der Waals surface area contributed by atoms with Crippen molar-refractivity contribution in [3.63, 3.8) is 0 Å². The Balaban J connectivity index is 0. The van der Waals surface area contributed by atoms with Crippen molar-refractivity contribution in [2.75, 3.05) is 0 Å². The Kier molecular flexibility index (Phi) is 128. The average Bonchev–Trinajstić information content (AvgIpc) is 0. The van der Waals surface area contributed by atoms with Gasteiger partial charge in [-0.05, 0) is 0 Å². The molecule has 0 saturated heterocycles. The van der Waals surface area contributed by atoms with Crippen molar-refractivity contribution in [2.45, 2.75) is 0 Å². The maximum absolute atomic E-state index is 0. The molecule has 0 aliphatic heterocycles. The van der Waals surface area contributed by atoms with Crippen LogP contribution >= 0.6 is 13.5 Å². The van der Waals surface area contributed by atoms with Crippen LogP contribution in [0.1, 0.15) is 0 Å². The van der Waals surface area contributed by atoms with Crippen molar-refractivity contribution in [1.29, 1.82) is 0 Å². The molecule has 0 aromatic heterocycles. The van der Waals surface area contributed by atoms with Gasteiger partial charge in [0.05, 0.1) is 0 Å². The Bertz CT molecular complexity index is 8.00. The van der Waals surface area contributed by atoms with E-state index in [1.54, 1.807) is 0 Å². The zero-order chi connectivity index (χ0) is 0. The summed E-state index contributed by atoms with van der Waals surface area (Å²) in [5.74, 6) is 0. The third-order valence-electron chi connectivity index (χ3n) is 0. The van der Waals surface area contributed by atoms with E-state index in [9.17, 15) is 0 Å². The SMILES string of the molecule is S.[PbH2].[SbH3].[Zn]. The van der Waals surface area contributed by atoms with Gasteiger partial charge in [0.15, 0.2) is 0 Å². The Labute approximate surface area is 83.3 Å². The molecule has 0 heterocycles. The molecule has 2 radical (unpaired) electrons. The van der Waals surface area contributed by atoms with Gasteiger partial charge in [0.1, 0.15) is 0 Å². The smallest absolute Gasteiger partial charge is 0 e. The molecule has 0 amide bonds. The van der Waals surface area contributed by atoms with Gasteiger partial charge in [0, 0.05) is 19.5 Å². The quantitative estimate of drug-likeness (QED) is 0.388. The van der Waals surface area contributed by atoms with E-state index in [1.165, 1.54) is 0 Å². The molecule has 0 nitrogen and oxygen atoms in total. The second kappa shape index (κ2) is 17.2. The molecule has 0 saturated carbocycles. The molecule has 0 atom stereocenters. The minimum Gasteiger partial charge on any atom is 0 e. The van der Waals surface area contributed by atoms with Crippen molar-refractivity contribution >= 4 is 65.2 Å². The number of hydrogen-bond donors (Lipinski definition) is 0. The predicted molar refractivity (Wildman–Crippen MR) is 28.9 cm³/mol. The standard InChI is InChI=1S/Pb.H2S.Sb.Zn.5H/h;1H2;;;;;;;. The summed E-state index contributed by atoms with van der Waals surface area (Å²) in [6, 6.07) is 0. The second-order valence-corrected chi connectivity index (χ2v) is 0. The van der Waals surface area contributed by atoms with Crippen LogP contribution in [-0.4, -0.2) is 51.7 Å². The van der Waals surface area contributed by atoms with Gasteiger partial charge < -0.3 is 0 Å². The third-order valence-corrected chi connectivity index (χ3v) is 0. The van der Waals surface area contributed by atoms with E-state index in [1.807, 2.05) is 0 Å². The molecule has 0 N–H and O–H groups in total. The van der Waals surface area contributed by atoms with Crippen LogP contribution in [-0.2, 0) is 19.5 Å². The number of hydrogen-bond acceptors (Lipinski definition) is 0. The molecule has 24 valence electrons. The first-order chi connectivity index (χ1) is 0. The molecular weight excluding hydrogens is 426 g/mol. The van der Waals surface area contributed by atoms with E-state index in [4.69, 9.17) is 0 Å². The molecule has 4 heavy (non-hydrogen) atoms. The van der Waals surface area contributed by atoms with E-state index in [-0.39, 0.29) is 84.7 Å². The average molecular weight is 433 g/mol. The molecule has 0 rings (SSSR count). The first-order valence-corrected chi connectivity index (χ1v) is 0. The molecule has 0 bridgehead atoms. The molecule has 0 aromatic carbocycles. The molecule has 0 aliphatic rings. The molecule has 0 aromatic rings. The predicted octanol–water partition coefficient (Wildman–Crippen LogP) is -1.99. The van der Waals surface area contributed by atoms with Crippen molar-refractivity contribution in [1.82, 2.24) is 0 Å². The summed E-state index contributed by atoms with van der Waals surface area (Å²) in [6.45, 7) is 0. The van der Waals surface area contributed by atoms with E-state index >= 15 is 0 Å². The van der Waals surface area contributed by atoms with Crippen molar-refractivity contribution < 1.29 is 19.5 Å². The van der Waals surface area contributed by atoms with Gasteiger partial charge in [-0.15, -0.1) is 0 Å². The molecule has 0 unspecified atom stereocenters. The normalized spacial score (nSPS) is 0. The van der Waals surface area contributed by atoms with Gasteiger partial charge in [0.2, 0.25) is 0 Å². The van der Waals surface area contributed by atoms with Crippen LogP contribution in [0.5, 0.6) is 0 Å². The monoisotopic (exact) mass is 432 g/mol. The summed E-state index contributed by atoms with van der Waals surface area (Å²) in [7, 11) is 0. The van der Waals surface area contributed by atoms with Crippen LogP contribution in [0.4, 0.5) is 0 Å². The Morgan fingerprint density at radius 2 is 1.00 bits per heavy atom. The molecule has 4 heteroatoms. The summed E-state index contributed by atoms with van der Waals surface area (Å²) >= 11 is 0. The van der Waals surface area contributed by atoms with Gasteiger partial charge >= 0.3 is 51.7 Å². The molecular formula is H7PbSSbZn. The minimum atomic E-state index is 0. The van der Waals surface area contributed by atoms with Crippen LogP contribution in [0.25, 0.3) is 0 Å². The van der Waals surface area contributed by atoms with Crippen LogP contribution in [0.2, 0.25) is 0 Å². The third kappa shape index (κ3) is 8.83. The topological polar surface area (TPSA) is 0 Å². The molecule has 0 aliphatic carbocycles. The van der Waals surface area contributed by atoms with Gasteiger partial charge in [0.25, 0.3) is 0 Å². The van der Waals surface area contributed by atoms with Crippen LogP contribution in [0, 0.1) is 0 Å². The fourth-order valence-electron chi connectivity index (χ4n) is 0. The zero-order valence-electron chi connectivity index (χ0n) is 2.62. The summed E-state index contributed by atoms with van der Waals surface area (Å²) in [4.78, 5) is 0. The molecule has 0 fully saturated rings. The van der Waals surface area contributed by atoms with E-state index in [0.29, 0.717) is 0 Å². The largest absolute Gasteiger partial charge is 0 e. The summed E-state index contributed by atoms with van der Waals surface area (Å²) in [5, 5.41) is 0. The van der Waals surface area contributed by atoms with E-state index in [2.05, 4.69) is 0 Å². The summed E-state index contributed by atoms with van der Waals surface area (Å²) in [6.07, 6.45) is 0. The Morgan fingerprint density at radius 3 is 1.00 bits per heavy atom. The first kappa shape index (κ1) is 29.8. The second-order valence-electron chi connectivity index (χ2n) is 0. The maximum atomic E-state index is 0. The Morgan fingerprint density at radius 1 is 1.00 bits per heavy atom. The maximum Gasteiger partial charge on any atom is 0 e. The summed E-state index contributed by atoms with van der Waals surface area (Å²) < 4.78 is 0. The Hall–Kier alpha value is 2.71. The minimum absolute atomic E-state index is 0. The zero-order valence-corrected chi connectivity index (χ0v) is 16.1. The van der Waals surface area contributed by atoms with Gasteiger partial charge in [-0.25, -0.2) is 0 Å². The summed E-state index contributed by atoms with van der Waals surface area (Å²) in [5.41, 5.74) is 0. The van der Waals surface area contributed by atoms with Crippen molar-refractivity contribution in [3.05, 3.63) is 0 Å². The fraction of sp³-hybridized carbons (Fsp3) is 0. The van der Waals surface area contributed by atoms with Crippen LogP contribution in [0.3, 0.4) is 0 Å². The van der Waals surface area contributed by atoms with Crippen LogP contribution < -0.4 is 0 Å². The van der Waals surface area contributed by atoms with Gasteiger partial charge in [-0.3, -0.25) is 0 Å². The first-order valence-electron chi connectivity index (χ1n) is 0. The van der Waals surface area contributed by atoms with Crippen LogP contribution in [0.15, 0.2) is 0 Å². The van der Waals surface area contributed by atoms with E-state index in [0.717, 1.165) is 0 Å². The van der Waals surface area contributed by atoms with E-state index < -0.39 is 0 Å².